The van der Waals surface area contributed by atoms with Gasteiger partial charge in [-0.25, -0.2) is 0 Å². The van der Waals surface area contributed by atoms with Gasteiger partial charge < -0.3 is 0 Å². The first-order chi connectivity index (χ1) is 12.8. The first-order valence-corrected chi connectivity index (χ1v) is 10.0. The summed E-state index contributed by atoms with van der Waals surface area (Å²) in [5.74, 6) is 0.587. The van der Waals surface area contributed by atoms with Crippen LogP contribution in [0.4, 0.5) is 0 Å². The van der Waals surface area contributed by atoms with Crippen LogP contribution in [0.25, 0.3) is 6.08 Å². The second-order valence-corrected chi connectivity index (χ2v) is 7.58. The fraction of sp³-hybridized carbons (Fsp3) is 0.308. The fourth-order valence-electron chi connectivity index (χ4n) is 4.43. The van der Waals surface area contributed by atoms with Crippen LogP contribution in [0, 0.1) is 5.92 Å². The first-order valence-electron chi connectivity index (χ1n) is 10.0. The average Bonchev–Trinajstić information content (AvgIpc) is 3.13. The summed E-state index contributed by atoms with van der Waals surface area (Å²) in [6.07, 6.45) is 14.4. The van der Waals surface area contributed by atoms with Gasteiger partial charge in [0.15, 0.2) is 0 Å². The van der Waals surface area contributed by atoms with Crippen molar-refractivity contribution in [2.24, 2.45) is 5.92 Å². The van der Waals surface area contributed by atoms with Crippen LogP contribution in [-0.4, -0.2) is 0 Å². The standard InChI is InChI=1S/C26H28/c1-2-21-12-6-7-13-22(21)17-25(16-20-10-4-3-5-11-20)26-18-23-14-8-9-15-24(23)19-26/h3-5,8-15,18,25H,2,6-7,16-17,19H2,1H3/t25-/m0/s1. The Labute approximate surface area is 158 Å². The number of fused-ring (bicyclic) bond motifs is 1. The molecule has 2 aromatic carbocycles. The lowest BCUT2D eigenvalue weighted by Gasteiger charge is -2.23. The van der Waals surface area contributed by atoms with Gasteiger partial charge in [-0.15, -0.1) is 0 Å². The molecule has 2 aliphatic rings. The van der Waals surface area contributed by atoms with Gasteiger partial charge in [-0.2, -0.15) is 0 Å². The molecule has 132 valence electrons. The molecular weight excluding hydrogens is 312 g/mol. The van der Waals surface area contributed by atoms with E-state index in [1.807, 2.05) is 0 Å². The van der Waals surface area contributed by atoms with Crippen LogP contribution in [0.5, 0.6) is 0 Å². The summed E-state index contributed by atoms with van der Waals surface area (Å²) >= 11 is 0. The molecule has 0 unspecified atom stereocenters. The van der Waals surface area contributed by atoms with Gasteiger partial charge >= 0.3 is 0 Å². The molecule has 0 fully saturated rings. The summed E-state index contributed by atoms with van der Waals surface area (Å²) in [4.78, 5) is 0. The summed E-state index contributed by atoms with van der Waals surface area (Å²) in [6, 6.07) is 19.9. The largest absolute Gasteiger partial charge is 0.0808 e. The zero-order valence-corrected chi connectivity index (χ0v) is 15.7. The lowest BCUT2D eigenvalue weighted by Crippen LogP contribution is -2.11. The van der Waals surface area contributed by atoms with Crippen molar-refractivity contribution in [1.82, 2.24) is 0 Å². The highest BCUT2D eigenvalue weighted by Crippen LogP contribution is 2.37. The Balaban J connectivity index is 1.60. The van der Waals surface area contributed by atoms with Crippen molar-refractivity contribution in [3.8, 4) is 0 Å². The van der Waals surface area contributed by atoms with E-state index in [1.165, 1.54) is 36.0 Å². The molecule has 0 aliphatic heterocycles. The lowest BCUT2D eigenvalue weighted by molar-refractivity contribution is 0.593. The molecule has 0 radical (unpaired) electrons. The third-order valence-corrected chi connectivity index (χ3v) is 5.85. The van der Waals surface area contributed by atoms with Crippen molar-refractivity contribution >= 4 is 6.08 Å². The van der Waals surface area contributed by atoms with E-state index in [0.29, 0.717) is 5.92 Å². The number of hydrogen-bond donors (Lipinski definition) is 0. The smallest absolute Gasteiger partial charge is 0.00548 e. The Bertz CT molecular complexity index is 849. The minimum Gasteiger partial charge on any atom is -0.0808 e. The summed E-state index contributed by atoms with van der Waals surface area (Å²) in [5.41, 5.74) is 9.14. The lowest BCUT2D eigenvalue weighted by atomic mass is 9.81. The number of benzene rings is 2. The molecule has 26 heavy (non-hydrogen) atoms. The van der Waals surface area contributed by atoms with Gasteiger partial charge in [0.05, 0.1) is 0 Å². The molecule has 2 aliphatic carbocycles. The number of rotatable bonds is 6. The van der Waals surface area contributed by atoms with Crippen molar-refractivity contribution in [3.63, 3.8) is 0 Å². The van der Waals surface area contributed by atoms with Gasteiger partial charge in [0.25, 0.3) is 0 Å². The van der Waals surface area contributed by atoms with Gasteiger partial charge in [-0.05, 0) is 72.3 Å². The third-order valence-electron chi connectivity index (χ3n) is 5.85. The molecule has 0 bridgehead atoms. The maximum atomic E-state index is 2.50. The average molecular weight is 341 g/mol. The Hall–Kier alpha value is -2.34. The van der Waals surface area contributed by atoms with Crippen LogP contribution in [0.3, 0.4) is 0 Å². The fourth-order valence-corrected chi connectivity index (χ4v) is 4.43. The van der Waals surface area contributed by atoms with Crippen LogP contribution in [0.15, 0.2) is 83.5 Å². The maximum absolute atomic E-state index is 2.50. The van der Waals surface area contributed by atoms with E-state index < -0.39 is 0 Å². The van der Waals surface area contributed by atoms with Crippen LogP contribution in [-0.2, 0) is 12.8 Å². The molecule has 2 aromatic rings. The predicted molar refractivity (Wildman–Crippen MR) is 112 cm³/mol. The van der Waals surface area contributed by atoms with Gasteiger partial charge in [-0.1, -0.05) is 85.3 Å². The van der Waals surface area contributed by atoms with E-state index in [4.69, 9.17) is 0 Å². The van der Waals surface area contributed by atoms with E-state index in [0.717, 1.165) is 19.3 Å². The molecule has 0 saturated heterocycles. The molecule has 0 nitrogen and oxygen atoms in total. The van der Waals surface area contributed by atoms with Crippen molar-refractivity contribution in [3.05, 3.63) is 100 Å². The minimum absolute atomic E-state index is 0.587. The topological polar surface area (TPSA) is 0 Å². The normalized spacial score (nSPS) is 17.2. The molecule has 0 saturated carbocycles. The molecule has 1 atom stereocenters. The Morgan fingerprint density at radius 3 is 2.31 bits per heavy atom. The third kappa shape index (κ3) is 3.75. The predicted octanol–water partition coefficient (Wildman–Crippen LogP) is 6.93. The molecular formula is C26H28. The molecule has 0 heteroatoms. The van der Waals surface area contributed by atoms with E-state index in [2.05, 4.69) is 79.7 Å². The second-order valence-electron chi connectivity index (χ2n) is 7.58. The van der Waals surface area contributed by atoms with Crippen LogP contribution < -0.4 is 0 Å². The summed E-state index contributed by atoms with van der Waals surface area (Å²) in [6.45, 7) is 2.29. The van der Waals surface area contributed by atoms with Crippen molar-refractivity contribution in [2.75, 3.05) is 0 Å². The minimum atomic E-state index is 0.587. The van der Waals surface area contributed by atoms with Crippen LogP contribution >= 0.6 is 0 Å². The van der Waals surface area contributed by atoms with Crippen molar-refractivity contribution in [2.45, 2.75) is 45.4 Å². The van der Waals surface area contributed by atoms with E-state index in [-0.39, 0.29) is 0 Å². The van der Waals surface area contributed by atoms with Crippen LogP contribution in [0.1, 0.15) is 49.3 Å². The van der Waals surface area contributed by atoms with Gasteiger partial charge in [0.2, 0.25) is 0 Å². The van der Waals surface area contributed by atoms with Gasteiger partial charge in [0, 0.05) is 0 Å². The summed E-state index contributed by atoms with van der Waals surface area (Å²) in [7, 11) is 0. The monoisotopic (exact) mass is 340 g/mol. The SMILES string of the molecule is CCC1=CCCC=C1C[C@H](Cc1ccccc1)C1=Cc2ccccc2C1. The second kappa shape index (κ2) is 7.91. The Morgan fingerprint density at radius 1 is 0.808 bits per heavy atom. The van der Waals surface area contributed by atoms with Gasteiger partial charge in [-0.3, -0.25) is 0 Å². The molecule has 0 N–H and O–H groups in total. The quantitative estimate of drug-likeness (QED) is 0.534. The number of hydrogen-bond acceptors (Lipinski definition) is 0. The first kappa shape index (κ1) is 17.1. The molecule has 0 spiro atoms. The highest BCUT2D eigenvalue weighted by Gasteiger charge is 2.23. The highest BCUT2D eigenvalue weighted by atomic mass is 14.3. The zero-order chi connectivity index (χ0) is 17.8. The van der Waals surface area contributed by atoms with E-state index >= 15 is 0 Å². The van der Waals surface area contributed by atoms with Crippen LogP contribution in [0.2, 0.25) is 0 Å². The molecule has 0 heterocycles. The van der Waals surface area contributed by atoms with Crippen molar-refractivity contribution in [1.29, 1.82) is 0 Å². The highest BCUT2D eigenvalue weighted by molar-refractivity contribution is 5.64. The molecule has 0 amide bonds. The Kier molecular flexibility index (Phi) is 5.20. The van der Waals surface area contributed by atoms with Crippen molar-refractivity contribution < 1.29 is 0 Å². The molecule has 0 aromatic heterocycles. The Morgan fingerprint density at radius 2 is 1.54 bits per heavy atom. The van der Waals surface area contributed by atoms with E-state index in [9.17, 15) is 0 Å². The summed E-state index contributed by atoms with van der Waals surface area (Å²) < 4.78 is 0. The maximum Gasteiger partial charge on any atom is -0.00548 e. The summed E-state index contributed by atoms with van der Waals surface area (Å²) in [5, 5.41) is 0. The zero-order valence-electron chi connectivity index (χ0n) is 15.7. The molecule has 4 rings (SSSR count). The van der Waals surface area contributed by atoms with E-state index in [1.54, 1.807) is 16.7 Å². The van der Waals surface area contributed by atoms with Gasteiger partial charge in [0.1, 0.15) is 0 Å². The number of allylic oxidation sites excluding steroid dienone is 5.